The predicted molar refractivity (Wildman–Crippen MR) is 101 cm³/mol. The molecule has 0 saturated heterocycles. The molecule has 2 N–H and O–H groups in total. The molecule has 0 spiro atoms. The highest BCUT2D eigenvalue weighted by atomic mass is 35.5. The lowest BCUT2D eigenvalue weighted by atomic mass is 10.1. The van der Waals surface area contributed by atoms with Gasteiger partial charge < -0.3 is 14.3 Å². The first-order chi connectivity index (χ1) is 13.0. The van der Waals surface area contributed by atoms with Gasteiger partial charge in [0.25, 0.3) is 0 Å². The van der Waals surface area contributed by atoms with Crippen LogP contribution in [0.25, 0.3) is 21.7 Å². The van der Waals surface area contributed by atoms with Crippen molar-refractivity contribution in [3.05, 3.63) is 47.0 Å². The number of hydrogen-bond acceptors (Lipinski definition) is 8. The van der Waals surface area contributed by atoms with Crippen molar-refractivity contribution in [3.8, 4) is 17.2 Å². The Labute approximate surface area is 161 Å². The molecule has 0 radical (unpaired) electrons. The molecule has 4 rings (SSSR count). The van der Waals surface area contributed by atoms with E-state index in [2.05, 4.69) is 20.5 Å². The van der Waals surface area contributed by atoms with E-state index in [0.717, 1.165) is 10.2 Å². The Hall–Kier alpha value is -3.17. The van der Waals surface area contributed by atoms with E-state index in [1.807, 2.05) is 18.2 Å². The second-order valence-electron chi connectivity index (χ2n) is 5.36. The molecule has 10 heteroatoms. The molecule has 4 aromatic rings. The molecule has 136 valence electrons. The molecule has 0 amide bonds. The number of nitrogens with one attached hydrogen (secondary N) is 1. The molecule has 2 aromatic heterocycles. The number of anilines is 2. The largest absolute Gasteiger partial charge is 0.494 e. The quantitative estimate of drug-likeness (QED) is 0.503. The van der Waals surface area contributed by atoms with E-state index < -0.39 is 5.97 Å². The summed E-state index contributed by atoms with van der Waals surface area (Å²) in [6, 6.07) is 10.2. The van der Waals surface area contributed by atoms with Crippen LogP contribution in [-0.4, -0.2) is 33.4 Å². The summed E-state index contributed by atoms with van der Waals surface area (Å²) in [7, 11) is 1.59. The number of carboxylic acid groups (broad SMARTS) is 1. The van der Waals surface area contributed by atoms with Crippen molar-refractivity contribution in [2.45, 2.75) is 0 Å². The van der Waals surface area contributed by atoms with Gasteiger partial charge in [-0.05, 0) is 30.3 Å². The number of rotatable bonds is 5. The Bertz CT molecular complexity index is 1160. The third-order valence-electron chi connectivity index (χ3n) is 3.68. The number of carboxylic acids is 1. The molecule has 8 nitrogen and oxygen atoms in total. The van der Waals surface area contributed by atoms with Gasteiger partial charge in [0.2, 0.25) is 5.89 Å². The van der Waals surface area contributed by atoms with Crippen molar-refractivity contribution in [2.24, 2.45) is 0 Å². The number of carbonyl (C=O) groups is 1. The van der Waals surface area contributed by atoms with Crippen molar-refractivity contribution >= 4 is 50.3 Å². The van der Waals surface area contributed by atoms with E-state index in [-0.39, 0.29) is 22.5 Å². The van der Waals surface area contributed by atoms with Gasteiger partial charge in [0.15, 0.2) is 5.13 Å². The first-order valence-corrected chi connectivity index (χ1v) is 8.82. The molecular weight excluding hydrogens is 392 g/mol. The fraction of sp³-hybridized carbons (Fsp3) is 0.0588. The van der Waals surface area contributed by atoms with Gasteiger partial charge in [0.05, 0.1) is 22.4 Å². The van der Waals surface area contributed by atoms with Crippen LogP contribution >= 0.6 is 22.9 Å². The van der Waals surface area contributed by atoms with Gasteiger partial charge in [0, 0.05) is 5.56 Å². The summed E-state index contributed by atoms with van der Waals surface area (Å²) >= 11 is 7.29. The Balaban J connectivity index is 1.62. The van der Waals surface area contributed by atoms with Crippen LogP contribution in [0.1, 0.15) is 10.4 Å². The van der Waals surface area contributed by atoms with Gasteiger partial charge in [0.1, 0.15) is 11.3 Å². The van der Waals surface area contributed by atoms with Crippen LogP contribution < -0.4 is 10.1 Å². The Morgan fingerprint density at radius 3 is 2.93 bits per heavy atom. The summed E-state index contributed by atoms with van der Waals surface area (Å²) < 4.78 is 11.8. The SMILES string of the molecule is COc1cccc2sc(Nc3nnc(-c4ccc(Cl)c(C(=O)O)c4)o3)nc12. The molecule has 0 saturated carbocycles. The number of benzene rings is 2. The minimum atomic E-state index is -1.14. The van der Waals surface area contributed by atoms with Crippen LogP contribution in [0.4, 0.5) is 11.1 Å². The van der Waals surface area contributed by atoms with E-state index in [9.17, 15) is 4.79 Å². The van der Waals surface area contributed by atoms with Crippen molar-refractivity contribution in [3.63, 3.8) is 0 Å². The molecule has 0 aliphatic carbocycles. The number of fused-ring (bicyclic) bond motifs is 1. The smallest absolute Gasteiger partial charge is 0.337 e. The minimum absolute atomic E-state index is 0.0415. The molecule has 0 fully saturated rings. The summed E-state index contributed by atoms with van der Waals surface area (Å²) in [5, 5.41) is 20.7. The maximum atomic E-state index is 11.2. The fourth-order valence-corrected chi connectivity index (χ4v) is 3.52. The molecule has 0 aliphatic heterocycles. The lowest BCUT2D eigenvalue weighted by molar-refractivity contribution is 0.0697. The summed E-state index contributed by atoms with van der Waals surface area (Å²) in [5.41, 5.74) is 1.14. The zero-order chi connectivity index (χ0) is 19.0. The molecule has 0 bridgehead atoms. The number of hydrogen-bond donors (Lipinski definition) is 2. The van der Waals surface area contributed by atoms with Gasteiger partial charge in [-0.2, -0.15) is 0 Å². The van der Waals surface area contributed by atoms with Crippen LogP contribution in [0.5, 0.6) is 5.75 Å². The van der Waals surface area contributed by atoms with Crippen LogP contribution in [0, 0.1) is 0 Å². The Morgan fingerprint density at radius 2 is 2.15 bits per heavy atom. The second kappa shape index (κ2) is 6.86. The highest BCUT2D eigenvalue weighted by Gasteiger charge is 2.15. The molecular formula is C17H11ClN4O4S. The van der Waals surface area contributed by atoms with Crippen molar-refractivity contribution in [2.75, 3.05) is 12.4 Å². The van der Waals surface area contributed by atoms with Crippen LogP contribution in [0.15, 0.2) is 40.8 Å². The minimum Gasteiger partial charge on any atom is -0.494 e. The molecule has 0 aliphatic rings. The Morgan fingerprint density at radius 1 is 1.30 bits per heavy atom. The number of aromatic carboxylic acids is 1. The molecule has 2 heterocycles. The first-order valence-electron chi connectivity index (χ1n) is 7.62. The third-order valence-corrected chi connectivity index (χ3v) is 4.95. The van der Waals surface area contributed by atoms with E-state index >= 15 is 0 Å². The van der Waals surface area contributed by atoms with Crippen LogP contribution in [0.2, 0.25) is 5.02 Å². The Kier molecular flexibility index (Phi) is 4.38. The van der Waals surface area contributed by atoms with Gasteiger partial charge in [-0.15, -0.1) is 5.10 Å². The van der Waals surface area contributed by atoms with Gasteiger partial charge in [-0.3, -0.25) is 5.32 Å². The maximum Gasteiger partial charge on any atom is 0.337 e. The average molecular weight is 403 g/mol. The number of thiazole rings is 1. The van der Waals surface area contributed by atoms with Crippen molar-refractivity contribution in [1.82, 2.24) is 15.2 Å². The van der Waals surface area contributed by atoms with E-state index in [0.29, 0.717) is 16.4 Å². The first kappa shape index (κ1) is 17.3. The van der Waals surface area contributed by atoms with Gasteiger partial charge >= 0.3 is 12.0 Å². The summed E-state index contributed by atoms with van der Waals surface area (Å²) in [6.45, 7) is 0. The average Bonchev–Trinajstić information content (AvgIpc) is 3.28. The standard InChI is InChI=1S/C17H11ClN4O4S/c1-25-11-3-2-4-12-13(11)19-17(27-12)20-16-22-21-14(26-16)8-5-6-10(18)9(7-8)15(23)24/h2-7H,1H3,(H,23,24)(H,19,20,22). The van der Waals surface area contributed by atoms with Gasteiger partial charge in [-0.25, -0.2) is 9.78 Å². The monoisotopic (exact) mass is 402 g/mol. The highest BCUT2D eigenvalue weighted by Crippen LogP contribution is 2.34. The summed E-state index contributed by atoms with van der Waals surface area (Å²) in [5.74, 6) is -0.302. The number of methoxy groups -OCH3 is 1. The maximum absolute atomic E-state index is 11.2. The number of para-hydroxylation sites is 1. The topological polar surface area (TPSA) is 110 Å². The van der Waals surface area contributed by atoms with Crippen molar-refractivity contribution in [1.29, 1.82) is 0 Å². The van der Waals surface area contributed by atoms with Crippen molar-refractivity contribution < 1.29 is 19.1 Å². The normalized spacial score (nSPS) is 10.9. The van der Waals surface area contributed by atoms with Crippen LogP contribution in [0.3, 0.4) is 0 Å². The molecule has 0 unspecified atom stereocenters. The number of aromatic nitrogens is 3. The zero-order valence-electron chi connectivity index (χ0n) is 13.8. The number of halogens is 1. The van der Waals surface area contributed by atoms with Crippen LogP contribution in [-0.2, 0) is 0 Å². The second-order valence-corrected chi connectivity index (χ2v) is 6.80. The van der Waals surface area contributed by atoms with Gasteiger partial charge in [-0.1, -0.05) is 34.1 Å². The summed E-state index contributed by atoms with van der Waals surface area (Å²) in [6.07, 6.45) is 0. The zero-order valence-corrected chi connectivity index (χ0v) is 15.3. The number of nitrogens with zero attached hydrogens (tertiary/aromatic N) is 3. The van der Waals surface area contributed by atoms with E-state index in [1.54, 1.807) is 13.2 Å². The highest BCUT2D eigenvalue weighted by molar-refractivity contribution is 7.22. The van der Waals surface area contributed by atoms with E-state index in [1.165, 1.54) is 23.5 Å². The molecule has 0 atom stereocenters. The summed E-state index contributed by atoms with van der Waals surface area (Å²) in [4.78, 5) is 15.7. The molecule has 27 heavy (non-hydrogen) atoms. The number of ether oxygens (including phenoxy) is 1. The third kappa shape index (κ3) is 3.29. The fourth-order valence-electron chi connectivity index (χ4n) is 2.45. The molecule has 2 aromatic carbocycles. The predicted octanol–water partition coefficient (Wildman–Crippen LogP) is 4.45. The lowest BCUT2D eigenvalue weighted by Gasteiger charge is -2.00. The lowest BCUT2D eigenvalue weighted by Crippen LogP contribution is -1.97. The van der Waals surface area contributed by atoms with E-state index in [4.69, 9.17) is 25.9 Å².